The van der Waals surface area contributed by atoms with Gasteiger partial charge in [-0.1, -0.05) is 18.2 Å². The molecular weight excluding hydrogens is 244 g/mol. The quantitative estimate of drug-likeness (QED) is 0.755. The van der Waals surface area contributed by atoms with E-state index in [1.165, 1.54) is 5.39 Å². The van der Waals surface area contributed by atoms with Gasteiger partial charge in [-0.15, -0.1) is 5.10 Å². The summed E-state index contributed by atoms with van der Waals surface area (Å²) in [7, 11) is 0. The highest BCUT2D eigenvalue weighted by Crippen LogP contribution is 2.29. The molecule has 0 saturated heterocycles. The third-order valence-electron chi connectivity index (χ3n) is 2.70. The Morgan fingerprint density at radius 2 is 2.11 bits per heavy atom. The second kappa shape index (κ2) is 4.80. The molecule has 0 bridgehead atoms. The summed E-state index contributed by atoms with van der Waals surface area (Å²) in [6.45, 7) is 0.470. The zero-order valence-electron chi connectivity index (χ0n) is 9.63. The molecule has 0 amide bonds. The van der Waals surface area contributed by atoms with Gasteiger partial charge in [0, 0.05) is 29.2 Å². The van der Waals surface area contributed by atoms with Crippen LogP contribution in [0.1, 0.15) is 5.56 Å². The van der Waals surface area contributed by atoms with E-state index in [9.17, 15) is 0 Å². The highest BCUT2D eigenvalue weighted by Gasteiger charge is 2.07. The van der Waals surface area contributed by atoms with Crippen LogP contribution in [-0.2, 0) is 6.54 Å². The average molecular weight is 256 g/mol. The Hall–Kier alpha value is -1.85. The van der Waals surface area contributed by atoms with Crippen LogP contribution in [0.5, 0.6) is 0 Å². The molecule has 0 fully saturated rings. The Balaban J connectivity index is 1.96. The molecular formula is C13H12N4S. The van der Waals surface area contributed by atoms with Crippen LogP contribution in [0.4, 0.5) is 0 Å². The zero-order valence-corrected chi connectivity index (χ0v) is 10.4. The molecule has 0 aliphatic carbocycles. The lowest BCUT2D eigenvalue weighted by Crippen LogP contribution is -2.00. The Labute approximate surface area is 109 Å². The molecule has 0 unspecified atom stereocenters. The Morgan fingerprint density at radius 3 is 2.94 bits per heavy atom. The van der Waals surface area contributed by atoms with Crippen LogP contribution in [-0.4, -0.2) is 15.2 Å². The van der Waals surface area contributed by atoms with Crippen molar-refractivity contribution in [3.63, 3.8) is 0 Å². The van der Waals surface area contributed by atoms with Crippen molar-refractivity contribution in [3.8, 4) is 0 Å². The number of hydrogen-bond donors (Lipinski definition) is 2. The zero-order chi connectivity index (χ0) is 12.4. The van der Waals surface area contributed by atoms with Crippen LogP contribution in [0.15, 0.2) is 52.6 Å². The number of hydrogen-bond acceptors (Lipinski definition) is 4. The number of fused-ring (bicyclic) bond motifs is 1. The van der Waals surface area contributed by atoms with Crippen molar-refractivity contribution in [3.05, 3.63) is 48.2 Å². The molecule has 3 N–H and O–H groups in total. The van der Waals surface area contributed by atoms with Crippen LogP contribution in [0.3, 0.4) is 0 Å². The normalized spacial score (nSPS) is 10.9. The predicted octanol–water partition coefficient (Wildman–Crippen LogP) is 2.57. The van der Waals surface area contributed by atoms with E-state index in [0.29, 0.717) is 6.54 Å². The van der Waals surface area contributed by atoms with Gasteiger partial charge in [-0.25, -0.2) is 0 Å². The molecule has 3 aromatic rings. The maximum absolute atomic E-state index is 5.69. The second-order valence-electron chi connectivity index (χ2n) is 3.89. The largest absolute Gasteiger partial charge is 0.349 e. The van der Waals surface area contributed by atoms with E-state index in [-0.39, 0.29) is 0 Å². The van der Waals surface area contributed by atoms with Crippen LogP contribution >= 0.6 is 11.8 Å². The van der Waals surface area contributed by atoms with Gasteiger partial charge in [0.1, 0.15) is 5.03 Å². The molecule has 0 atom stereocenters. The molecule has 90 valence electrons. The van der Waals surface area contributed by atoms with Crippen molar-refractivity contribution in [2.24, 2.45) is 5.73 Å². The molecule has 0 aliphatic rings. The highest BCUT2D eigenvalue weighted by molar-refractivity contribution is 7.99. The van der Waals surface area contributed by atoms with Gasteiger partial charge in [-0.2, -0.15) is 5.10 Å². The van der Waals surface area contributed by atoms with Gasteiger partial charge in [0.2, 0.25) is 0 Å². The summed E-state index contributed by atoms with van der Waals surface area (Å²) in [6.07, 6.45) is 1.66. The summed E-state index contributed by atoms with van der Waals surface area (Å²) in [5, 5.41) is 11.1. The third kappa shape index (κ3) is 2.10. The molecule has 0 saturated carbocycles. The summed E-state index contributed by atoms with van der Waals surface area (Å²) in [4.78, 5) is 3.35. The van der Waals surface area contributed by atoms with Crippen molar-refractivity contribution in [1.82, 2.24) is 15.2 Å². The lowest BCUT2D eigenvalue weighted by molar-refractivity contribution is 0.865. The number of benzene rings is 1. The minimum atomic E-state index is 0.470. The monoisotopic (exact) mass is 256 g/mol. The molecule has 0 aliphatic heterocycles. The van der Waals surface area contributed by atoms with Gasteiger partial charge in [-0.05, 0) is 30.0 Å². The molecule has 5 heteroatoms. The molecule has 18 heavy (non-hydrogen) atoms. The number of H-pyrrole nitrogens is 1. The maximum atomic E-state index is 5.69. The van der Waals surface area contributed by atoms with Gasteiger partial charge >= 0.3 is 0 Å². The molecule has 1 aromatic carbocycles. The van der Waals surface area contributed by atoms with E-state index in [2.05, 4.69) is 33.4 Å². The van der Waals surface area contributed by atoms with E-state index < -0.39 is 0 Å². The summed E-state index contributed by atoms with van der Waals surface area (Å²) in [5.41, 5.74) is 7.82. The molecule has 2 heterocycles. The van der Waals surface area contributed by atoms with Crippen LogP contribution in [0.25, 0.3) is 10.9 Å². The first-order valence-electron chi connectivity index (χ1n) is 5.63. The van der Waals surface area contributed by atoms with Gasteiger partial charge in [0.25, 0.3) is 0 Å². The summed E-state index contributed by atoms with van der Waals surface area (Å²) < 4.78 is 0. The van der Waals surface area contributed by atoms with E-state index in [0.717, 1.165) is 21.1 Å². The fourth-order valence-corrected chi connectivity index (χ4v) is 2.72. The summed E-state index contributed by atoms with van der Waals surface area (Å²) in [6, 6.07) is 12.2. The smallest absolute Gasteiger partial charge is 0.129 e. The lowest BCUT2D eigenvalue weighted by atomic mass is 10.3. The minimum absolute atomic E-state index is 0.470. The number of aromatic amines is 1. The van der Waals surface area contributed by atoms with Gasteiger partial charge in [0.15, 0.2) is 0 Å². The van der Waals surface area contributed by atoms with Crippen molar-refractivity contribution in [2.75, 3.05) is 0 Å². The molecule has 3 rings (SSSR count). The number of para-hydroxylation sites is 1. The predicted molar refractivity (Wildman–Crippen MR) is 72.3 cm³/mol. The number of rotatable bonds is 3. The Bertz CT molecular complexity index is 644. The van der Waals surface area contributed by atoms with E-state index in [1.54, 1.807) is 18.0 Å². The average Bonchev–Trinajstić information content (AvgIpc) is 2.81. The fourth-order valence-electron chi connectivity index (χ4n) is 1.79. The minimum Gasteiger partial charge on any atom is -0.349 e. The molecule has 0 spiro atoms. The summed E-state index contributed by atoms with van der Waals surface area (Å²) in [5.74, 6) is 0. The van der Waals surface area contributed by atoms with Crippen LogP contribution < -0.4 is 5.73 Å². The SMILES string of the molecule is NCc1ccnnc1Sc1cc2ccccc2[nH]1. The number of nitrogens with two attached hydrogens (primary N) is 1. The lowest BCUT2D eigenvalue weighted by Gasteiger charge is -2.02. The van der Waals surface area contributed by atoms with Gasteiger partial charge < -0.3 is 10.7 Å². The van der Waals surface area contributed by atoms with E-state index in [4.69, 9.17) is 5.73 Å². The Kier molecular flexibility index (Phi) is 3.00. The summed E-state index contributed by atoms with van der Waals surface area (Å²) >= 11 is 1.56. The van der Waals surface area contributed by atoms with Gasteiger partial charge in [0.05, 0.1) is 5.03 Å². The van der Waals surface area contributed by atoms with E-state index >= 15 is 0 Å². The van der Waals surface area contributed by atoms with E-state index in [1.807, 2.05) is 18.2 Å². The van der Waals surface area contributed by atoms with Crippen molar-refractivity contribution >= 4 is 22.7 Å². The molecule has 4 nitrogen and oxygen atoms in total. The number of nitrogens with zero attached hydrogens (tertiary/aromatic N) is 2. The van der Waals surface area contributed by atoms with Crippen LogP contribution in [0.2, 0.25) is 0 Å². The standard InChI is InChI=1S/C13H12N4S/c14-8-10-5-6-15-17-13(10)18-12-7-9-3-1-2-4-11(9)16-12/h1-7,16H,8,14H2. The first-order valence-corrected chi connectivity index (χ1v) is 6.45. The second-order valence-corrected chi connectivity index (χ2v) is 4.92. The topological polar surface area (TPSA) is 67.6 Å². The number of nitrogens with one attached hydrogen (secondary N) is 1. The van der Waals surface area contributed by atoms with Gasteiger partial charge in [-0.3, -0.25) is 0 Å². The Morgan fingerprint density at radius 1 is 1.22 bits per heavy atom. The number of aromatic nitrogens is 3. The van der Waals surface area contributed by atoms with Crippen LogP contribution in [0, 0.1) is 0 Å². The van der Waals surface area contributed by atoms with Crippen molar-refractivity contribution < 1.29 is 0 Å². The highest BCUT2D eigenvalue weighted by atomic mass is 32.2. The third-order valence-corrected chi connectivity index (χ3v) is 3.67. The van der Waals surface area contributed by atoms with Crippen molar-refractivity contribution in [1.29, 1.82) is 0 Å². The van der Waals surface area contributed by atoms with Crippen molar-refractivity contribution in [2.45, 2.75) is 16.6 Å². The first-order chi connectivity index (χ1) is 8.86. The maximum Gasteiger partial charge on any atom is 0.129 e. The fraction of sp³-hybridized carbons (Fsp3) is 0.0769. The molecule has 0 radical (unpaired) electrons. The first kappa shape index (κ1) is 11.3. The molecule has 2 aromatic heterocycles.